The molecule has 2 aliphatic carbocycles. The fourth-order valence-corrected chi connectivity index (χ4v) is 3.60. The highest BCUT2D eigenvalue weighted by molar-refractivity contribution is 5.72. The topological polar surface area (TPSA) is 58.6 Å². The Bertz CT molecular complexity index is 308. The Labute approximate surface area is 122 Å². The minimum Gasteiger partial charge on any atom is -0.466 e. The summed E-state index contributed by atoms with van der Waals surface area (Å²) in [4.78, 5) is 11.9. The van der Waals surface area contributed by atoms with Crippen molar-refractivity contribution in [2.24, 2.45) is 5.92 Å². The van der Waals surface area contributed by atoms with Gasteiger partial charge in [-0.1, -0.05) is 25.7 Å². The quantitative estimate of drug-likeness (QED) is 0.614. The molecule has 116 valence electrons. The van der Waals surface area contributed by atoms with E-state index in [1.165, 1.54) is 12.8 Å². The molecule has 0 aromatic carbocycles. The van der Waals surface area contributed by atoms with E-state index in [1.807, 2.05) is 6.92 Å². The molecule has 2 saturated carbocycles. The summed E-state index contributed by atoms with van der Waals surface area (Å²) in [5, 5.41) is 13.8. The van der Waals surface area contributed by atoms with E-state index < -0.39 is 0 Å². The van der Waals surface area contributed by atoms with Gasteiger partial charge in [0.15, 0.2) is 0 Å². The number of esters is 1. The lowest BCUT2D eigenvalue weighted by Crippen LogP contribution is -2.47. The lowest BCUT2D eigenvalue weighted by Gasteiger charge is -2.33. The molecule has 2 rings (SSSR count). The van der Waals surface area contributed by atoms with E-state index in [2.05, 4.69) is 5.32 Å². The molecule has 0 bridgehead atoms. The first-order chi connectivity index (χ1) is 9.70. The summed E-state index contributed by atoms with van der Waals surface area (Å²) in [7, 11) is 0. The van der Waals surface area contributed by atoms with Crippen molar-refractivity contribution in [1.82, 2.24) is 5.32 Å². The zero-order chi connectivity index (χ0) is 14.4. The molecular weight excluding hydrogens is 254 g/mol. The lowest BCUT2D eigenvalue weighted by molar-refractivity contribution is -0.149. The first kappa shape index (κ1) is 15.8. The average molecular weight is 283 g/mol. The second kappa shape index (κ2) is 7.99. The van der Waals surface area contributed by atoms with Gasteiger partial charge >= 0.3 is 5.97 Å². The fraction of sp³-hybridized carbons (Fsp3) is 0.938. The Kier molecular flexibility index (Phi) is 6.30. The van der Waals surface area contributed by atoms with E-state index in [0.29, 0.717) is 12.6 Å². The van der Waals surface area contributed by atoms with Crippen LogP contribution in [0.5, 0.6) is 0 Å². The van der Waals surface area contributed by atoms with Gasteiger partial charge in [0.1, 0.15) is 0 Å². The molecular formula is C16H29NO3. The van der Waals surface area contributed by atoms with Crippen molar-refractivity contribution in [3.05, 3.63) is 0 Å². The number of aliphatic hydroxyl groups excluding tert-OH is 1. The number of ether oxygens (including phenoxy) is 1. The molecule has 20 heavy (non-hydrogen) atoms. The maximum absolute atomic E-state index is 11.9. The highest BCUT2D eigenvalue weighted by atomic mass is 16.5. The third-order valence-corrected chi connectivity index (χ3v) is 4.72. The predicted octanol–water partition coefficient (Wildman–Crippen LogP) is 2.39. The van der Waals surface area contributed by atoms with Gasteiger partial charge in [-0.3, -0.25) is 4.79 Å². The molecule has 4 heteroatoms. The molecule has 2 fully saturated rings. The number of carbonyl (C=O) groups excluding carboxylic acids is 1. The van der Waals surface area contributed by atoms with Crippen molar-refractivity contribution in [3.8, 4) is 0 Å². The Balaban J connectivity index is 1.83. The predicted molar refractivity (Wildman–Crippen MR) is 78.4 cm³/mol. The summed E-state index contributed by atoms with van der Waals surface area (Å²) < 4.78 is 5.14. The Morgan fingerprint density at radius 3 is 2.75 bits per heavy atom. The molecule has 0 spiro atoms. The monoisotopic (exact) mass is 283 g/mol. The fourth-order valence-electron chi connectivity index (χ4n) is 3.60. The number of rotatable bonds is 4. The smallest absolute Gasteiger partial charge is 0.308 e. The van der Waals surface area contributed by atoms with E-state index in [0.717, 1.165) is 44.9 Å². The summed E-state index contributed by atoms with van der Waals surface area (Å²) in [5.74, 6) is 0.00420. The van der Waals surface area contributed by atoms with Crippen LogP contribution in [0.15, 0.2) is 0 Å². The van der Waals surface area contributed by atoms with Crippen molar-refractivity contribution >= 4 is 5.97 Å². The Morgan fingerprint density at radius 2 is 1.95 bits per heavy atom. The third kappa shape index (κ3) is 4.45. The second-order valence-corrected chi connectivity index (χ2v) is 6.29. The molecule has 2 aliphatic rings. The van der Waals surface area contributed by atoms with Crippen LogP contribution in [0.2, 0.25) is 0 Å². The SMILES string of the molecule is CCOC(=O)C1CCCC(NC2CCCCCC2O)C1. The standard InChI is InChI=1S/C16H29NO3/c1-2-20-16(19)12-7-6-8-13(11-12)17-14-9-4-3-5-10-15(14)18/h12-15,17-18H,2-11H2,1H3. The van der Waals surface area contributed by atoms with E-state index in [4.69, 9.17) is 4.74 Å². The van der Waals surface area contributed by atoms with Crippen molar-refractivity contribution in [3.63, 3.8) is 0 Å². The average Bonchev–Trinajstić information content (AvgIpc) is 2.65. The number of nitrogens with one attached hydrogen (secondary N) is 1. The van der Waals surface area contributed by atoms with Crippen LogP contribution in [-0.4, -0.2) is 35.9 Å². The van der Waals surface area contributed by atoms with Gasteiger partial charge in [-0.25, -0.2) is 0 Å². The van der Waals surface area contributed by atoms with Gasteiger partial charge in [0, 0.05) is 12.1 Å². The largest absolute Gasteiger partial charge is 0.466 e. The van der Waals surface area contributed by atoms with Gasteiger partial charge in [0.2, 0.25) is 0 Å². The third-order valence-electron chi connectivity index (χ3n) is 4.72. The minimum absolute atomic E-state index is 0.0413. The van der Waals surface area contributed by atoms with E-state index >= 15 is 0 Å². The zero-order valence-corrected chi connectivity index (χ0v) is 12.6. The summed E-state index contributed by atoms with van der Waals surface area (Å²) in [5.41, 5.74) is 0. The van der Waals surface area contributed by atoms with Gasteiger partial charge in [0.05, 0.1) is 18.6 Å². The lowest BCUT2D eigenvalue weighted by atomic mass is 9.85. The Hall–Kier alpha value is -0.610. The summed E-state index contributed by atoms with van der Waals surface area (Å²) in [6, 6.07) is 0.569. The van der Waals surface area contributed by atoms with Crippen LogP contribution in [0.1, 0.15) is 64.7 Å². The first-order valence-electron chi connectivity index (χ1n) is 8.31. The number of carbonyl (C=O) groups is 1. The summed E-state index contributed by atoms with van der Waals surface area (Å²) in [6.45, 7) is 2.33. The van der Waals surface area contributed by atoms with Crippen molar-refractivity contribution in [1.29, 1.82) is 0 Å². The van der Waals surface area contributed by atoms with Crippen LogP contribution in [0.4, 0.5) is 0 Å². The van der Waals surface area contributed by atoms with Crippen LogP contribution in [0.3, 0.4) is 0 Å². The van der Waals surface area contributed by atoms with Gasteiger partial charge in [-0.15, -0.1) is 0 Å². The number of hydrogen-bond donors (Lipinski definition) is 2. The zero-order valence-electron chi connectivity index (χ0n) is 12.6. The first-order valence-corrected chi connectivity index (χ1v) is 8.31. The normalized spacial score (nSPS) is 35.3. The molecule has 4 unspecified atom stereocenters. The van der Waals surface area contributed by atoms with Crippen LogP contribution in [0.25, 0.3) is 0 Å². The summed E-state index contributed by atoms with van der Waals surface area (Å²) in [6.07, 6.45) is 9.30. The van der Waals surface area contributed by atoms with Crippen molar-refractivity contribution in [2.75, 3.05) is 6.61 Å². The van der Waals surface area contributed by atoms with Gasteiger partial charge in [0.25, 0.3) is 0 Å². The van der Waals surface area contributed by atoms with Crippen molar-refractivity contribution < 1.29 is 14.6 Å². The highest BCUT2D eigenvalue weighted by Crippen LogP contribution is 2.27. The number of aliphatic hydroxyl groups is 1. The van der Waals surface area contributed by atoms with Gasteiger partial charge in [-0.05, 0) is 39.0 Å². The van der Waals surface area contributed by atoms with Gasteiger partial charge in [-0.2, -0.15) is 0 Å². The molecule has 0 aromatic rings. The van der Waals surface area contributed by atoms with Crippen molar-refractivity contribution in [2.45, 2.75) is 82.9 Å². The molecule has 4 atom stereocenters. The van der Waals surface area contributed by atoms with Crippen LogP contribution in [0, 0.1) is 5.92 Å². The molecule has 0 heterocycles. The molecule has 2 N–H and O–H groups in total. The molecule has 0 amide bonds. The molecule has 0 radical (unpaired) electrons. The van der Waals surface area contributed by atoms with E-state index in [9.17, 15) is 9.90 Å². The second-order valence-electron chi connectivity index (χ2n) is 6.29. The van der Waals surface area contributed by atoms with Crippen LogP contribution >= 0.6 is 0 Å². The molecule has 0 aromatic heterocycles. The molecule has 0 aliphatic heterocycles. The maximum atomic E-state index is 11.9. The molecule has 4 nitrogen and oxygen atoms in total. The van der Waals surface area contributed by atoms with E-state index in [-0.39, 0.29) is 24.0 Å². The molecule has 0 saturated heterocycles. The van der Waals surface area contributed by atoms with E-state index in [1.54, 1.807) is 0 Å². The van der Waals surface area contributed by atoms with Gasteiger partial charge < -0.3 is 15.2 Å². The summed E-state index contributed by atoms with van der Waals surface area (Å²) >= 11 is 0. The minimum atomic E-state index is -0.222. The maximum Gasteiger partial charge on any atom is 0.308 e. The van der Waals surface area contributed by atoms with Crippen LogP contribution < -0.4 is 5.32 Å². The van der Waals surface area contributed by atoms with Crippen LogP contribution in [-0.2, 0) is 9.53 Å². The highest BCUT2D eigenvalue weighted by Gasteiger charge is 2.31. The Morgan fingerprint density at radius 1 is 1.15 bits per heavy atom. The number of hydrogen-bond acceptors (Lipinski definition) is 4.